The molecule has 0 aliphatic carbocycles. The summed E-state index contributed by atoms with van der Waals surface area (Å²) in [6.45, 7) is 5.14. The Morgan fingerprint density at radius 1 is 0.462 bits per heavy atom. The van der Waals surface area contributed by atoms with Crippen LogP contribution in [0, 0.1) is 0 Å². The Morgan fingerprint density at radius 2 is 0.769 bits per heavy atom. The highest BCUT2D eigenvalue weighted by molar-refractivity contribution is 5.69. The highest BCUT2D eigenvalue weighted by Gasteiger charge is 2.06. The van der Waals surface area contributed by atoms with Crippen molar-refractivity contribution in [1.82, 2.24) is 0 Å². The van der Waals surface area contributed by atoms with Crippen LogP contribution in [0.4, 0.5) is 0 Å². The van der Waals surface area contributed by atoms with Crippen LogP contribution in [-0.4, -0.2) is 23.8 Å². The molecule has 0 spiro atoms. The van der Waals surface area contributed by atoms with Gasteiger partial charge in [0.1, 0.15) is 0 Å². The van der Waals surface area contributed by atoms with Crippen LogP contribution >= 0.6 is 0 Å². The first-order chi connectivity index (χ1) is 19.2. The Hall–Kier alpha value is -0.570. The SMILES string of the molecule is CCCCCCCCCCCCCCCCCCOC(=O)CCCCCC(O)CCCCCCCCCCC. The van der Waals surface area contributed by atoms with Gasteiger partial charge in [-0.15, -0.1) is 0 Å². The first kappa shape index (κ1) is 38.4. The Balaban J connectivity index is 3.24. The van der Waals surface area contributed by atoms with Gasteiger partial charge >= 0.3 is 5.97 Å². The van der Waals surface area contributed by atoms with E-state index in [0.717, 1.165) is 44.9 Å². The highest BCUT2D eigenvalue weighted by Crippen LogP contribution is 2.16. The first-order valence-corrected chi connectivity index (χ1v) is 18.0. The van der Waals surface area contributed by atoms with Gasteiger partial charge in [-0.25, -0.2) is 0 Å². The molecule has 0 fully saturated rings. The van der Waals surface area contributed by atoms with Crippen molar-refractivity contribution in [3.63, 3.8) is 0 Å². The summed E-state index contributed by atoms with van der Waals surface area (Å²) < 4.78 is 5.41. The molecule has 0 saturated heterocycles. The number of aliphatic hydroxyl groups excluding tert-OH is 1. The van der Waals surface area contributed by atoms with Crippen LogP contribution < -0.4 is 0 Å². The number of ether oxygens (including phenoxy) is 1. The minimum Gasteiger partial charge on any atom is -0.466 e. The summed E-state index contributed by atoms with van der Waals surface area (Å²) in [5.41, 5.74) is 0. The number of hydrogen-bond acceptors (Lipinski definition) is 3. The molecular weight excluding hydrogens is 480 g/mol. The standard InChI is InChI=1S/C36H72O3/c1-3-5-7-9-11-13-14-15-16-17-18-19-21-23-25-30-34-39-36(38)33-29-26-28-32-35(37)31-27-24-22-20-12-10-8-6-4-2/h35,37H,3-34H2,1-2H3. The van der Waals surface area contributed by atoms with Gasteiger partial charge in [0.05, 0.1) is 12.7 Å². The third-order valence-electron chi connectivity index (χ3n) is 8.32. The quantitative estimate of drug-likeness (QED) is 0.0650. The molecule has 1 atom stereocenters. The normalized spacial score (nSPS) is 12.2. The van der Waals surface area contributed by atoms with E-state index in [-0.39, 0.29) is 12.1 Å². The van der Waals surface area contributed by atoms with Gasteiger partial charge in [-0.3, -0.25) is 4.79 Å². The zero-order valence-electron chi connectivity index (χ0n) is 27.0. The van der Waals surface area contributed by atoms with Gasteiger partial charge in [-0.1, -0.05) is 181 Å². The Kier molecular flexibility index (Phi) is 33.1. The molecule has 0 rings (SSSR count). The number of rotatable bonds is 33. The minimum absolute atomic E-state index is 0.0359. The molecule has 3 nitrogen and oxygen atoms in total. The highest BCUT2D eigenvalue weighted by atomic mass is 16.5. The molecular formula is C36H72O3. The van der Waals surface area contributed by atoms with Crippen molar-refractivity contribution in [2.75, 3.05) is 6.61 Å². The van der Waals surface area contributed by atoms with Crippen LogP contribution in [0.1, 0.15) is 213 Å². The van der Waals surface area contributed by atoms with Gasteiger partial charge < -0.3 is 9.84 Å². The number of carbonyl (C=O) groups excluding carboxylic acids is 1. The summed E-state index contributed by atoms with van der Waals surface area (Å²) in [6.07, 6.45) is 38.9. The minimum atomic E-state index is -0.156. The van der Waals surface area contributed by atoms with Crippen LogP contribution in [0.3, 0.4) is 0 Å². The molecule has 0 aliphatic heterocycles. The molecule has 3 heteroatoms. The first-order valence-electron chi connectivity index (χ1n) is 18.0. The molecule has 0 aromatic heterocycles. The predicted octanol–water partition coefficient (Wildman–Crippen LogP) is 12.0. The monoisotopic (exact) mass is 553 g/mol. The fraction of sp³-hybridized carbons (Fsp3) is 0.972. The Labute approximate surface area is 246 Å². The van der Waals surface area contributed by atoms with Crippen molar-refractivity contribution in [2.24, 2.45) is 0 Å². The van der Waals surface area contributed by atoms with E-state index >= 15 is 0 Å². The summed E-state index contributed by atoms with van der Waals surface area (Å²) in [6, 6.07) is 0. The molecule has 0 aliphatic rings. The van der Waals surface area contributed by atoms with Crippen LogP contribution in [-0.2, 0) is 9.53 Å². The van der Waals surface area contributed by atoms with Gasteiger partial charge in [0.25, 0.3) is 0 Å². The topological polar surface area (TPSA) is 46.5 Å². The fourth-order valence-electron chi connectivity index (χ4n) is 5.57. The molecule has 0 aromatic rings. The van der Waals surface area contributed by atoms with Gasteiger partial charge in [0, 0.05) is 6.42 Å². The lowest BCUT2D eigenvalue weighted by atomic mass is 10.0. The average Bonchev–Trinajstić information content (AvgIpc) is 2.93. The number of carbonyl (C=O) groups is 1. The van der Waals surface area contributed by atoms with Crippen molar-refractivity contribution in [3.05, 3.63) is 0 Å². The number of unbranched alkanes of at least 4 members (excludes halogenated alkanes) is 25. The maximum atomic E-state index is 11.9. The lowest BCUT2D eigenvalue weighted by Crippen LogP contribution is -2.07. The molecule has 0 saturated carbocycles. The smallest absolute Gasteiger partial charge is 0.305 e. The fourth-order valence-corrected chi connectivity index (χ4v) is 5.57. The predicted molar refractivity (Wildman–Crippen MR) is 171 cm³/mol. The second-order valence-electron chi connectivity index (χ2n) is 12.4. The van der Waals surface area contributed by atoms with Crippen molar-refractivity contribution >= 4 is 5.97 Å². The maximum Gasteiger partial charge on any atom is 0.305 e. The van der Waals surface area contributed by atoms with E-state index < -0.39 is 0 Å². The zero-order valence-corrected chi connectivity index (χ0v) is 27.0. The van der Waals surface area contributed by atoms with Gasteiger partial charge in [-0.05, 0) is 25.7 Å². The number of aliphatic hydroxyl groups is 1. The molecule has 39 heavy (non-hydrogen) atoms. The zero-order chi connectivity index (χ0) is 28.5. The Morgan fingerprint density at radius 3 is 1.15 bits per heavy atom. The average molecular weight is 553 g/mol. The molecule has 0 bridgehead atoms. The molecule has 234 valence electrons. The lowest BCUT2D eigenvalue weighted by molar-refractivity contribution is -0.143. The molecule has 0 heterocycles. The third-order valence-corrected chi connectivity index (χ3v) is 8.32. The van der Waals surface area contributed by atoms with Crippen LogP contribution in [0.2, 0.25) is 0 Å². The van der Waals surface area contributed by atoms with E-state index in [9.17, 15) is 9.90 Å². The van der Waals surface area contributed by atoms with E-state index in [1.807, 2.05) is 0 Å². The number of hydrogen-bond donors (Lipinski definition) is 1. The summed E-state index contributed by atoms with van der Waals surface area (Å²) in [5.74, 6) is -0.0359. The molecule has 0 aromatic carbocycles. The molecule has 0 amide bonds. The van der Waals surface area contributed by atoms with Gasteiger partial charge in [-0.2, -0.15) is 0 Å². The lowest BCUT2D eigenvalue weighted by Gasteiger charge is -2.10. The summed E-state index contributed by atoms with van der Waals surface area (Å²) in [5, 5.41) is 10.2. The van der Waals surface area contributed by atoms with Crippen LogP contribution in [0.15, 0.2) is 0 Å². The second-order valence-corrected chi connectivity index (χ2v) is 12.4. The molecule has 1 N–H and O–H groups in total. The van der Waals surface area contributed by atoms with Crippen LogP contribution in [0.25, 0.3) is 0 Å². The summed E-state index contributed by atoms with van der Waals surface area (Å²) in [4.78, 5) is 11.9. The van der Waals surface area contributed by atoms with E-state index in [4.69, 9.17) is 4.74 Å². The largest absolute Gasteiger partial charge is 0.466 e. The van der Waals surface area contributed by atoms with E-state index in [1.165, 1.54) is 148 Å². The Bertz CT molecular complexity index is 464. The summed E-state index contributed by atoms with van der Waals surface area (Å²) >= 11 is 0. The molecule has 1 unspecified atom stereocenters. The molecule has 0 radical (unpaired) electrons. The van der Waals surface area contributed by atoms with E-state index in [2.05, 4.69) is 13.8 Å². The van der Waals surface area contributed by atoms with Crippen molar-refractivity contribution in [2.45, 2.75) is 219 Å². The van der Waals surface area contributed by atoms with Gasteiger partial charge in [0.2, 0.25) is 0 Å². The van der Waals surface area contributed by atoms with Gasteiger partial charge in [0.15, 0.2) is 0 Å². The van der Waals surface area contributed by atoms with Crippen molar-refractivity contribution in [1.29, 1.82) is 0 Å². The van der Waals surface area contributed by atoms with Crippen molar-refractivity contribution < 1.29 is 14.6 Å². The van der Waals surface area contributed by atoms with Crippen molar-refractivity contribution in [3.8, 4) is 0 Å². The maximum absolute atomic E-state index is 11.9. The van der Waals surface area contributed by atoms with Crippen LogP contribution in [0.5, 0.6) is 0 Å². The second kappa shape index (κ2) is 33.6. The van der Waals surface area contributed by atoms with E-state index in [0.29, 0.717) is 13.0 Å². The number of esters is 1. The van der Waals surface area contributed by atoms with E-state index in [1.54, 1.807) is 0 Å². The third kappa shape index (κ3) is 33.5. The summed E-state index contributed by atoms with van der Waals surface area (Å²) in [7, 11) is 0.